The molecule has 2 N–H and O–H groups in total. The minimum Gasteiger partial charge on any atom is -0.358 e. The predicted octanol–water partition coefficient (Wildman–Crippen LogP) is 0.704. The third kappa shape index (κ3) is 4.79. The molecule has 8 nitrogen and oxygen atoms in total. The molecule has 0 aliphatic carbocycles. The topological polar surface area (TPSA) is 102 Å². The van der Waals surface area contributed by atoms with Crippen LogP contribution in [-0.4, -0.2) is 50.9 Å². The second kappa shape index (κ2) is 9.02. The van der Waals surface area contributed by atoms with E-state index in [1.807, 2.05) is 16.7 Å². The molecule has 2 heterocycles. The smallest absolute Gasteiger partial charge is 0.239 e. The van der Waals surface area contributed by atoms with Gasteiger partial charge in [0.15, 0.2) is 11.0 Å². The molecule has 0 aliphatic heterocycles. The van der Waals surface area contributed by atoms with E-state index < -0.39 is 0 Å². The molecule has 9 heteroatoms. The summed E-state index contributed by atoms with van der Waals surface area (Å²) < 4.78 is 1.99. The van der Waals surface area contributed by atoms with E-state index in [4.69, 9.17) is 0 Å². The van der Waals surface area contributed by atoms with Gasteiger partial charge in [0, 0.05) is 31.5 Å². The maximum Gasteiger partial charge on any atom is 0.239 e. The van der Waals surface area contributed by atoms with E-state index in [1.165, 1.54) is 18.8 Å². The number of pyridine rings is 1. The Morgan fingerprint density at radius 2 is 1.96 bits per heavy atom. The van der Waals surface area contributed by atoms with Crippen molar-refractivity contribution < 1.29 is 9.59 Å². The first-order chi connectivity index (χ1) is 11.7. The molecule has 0 aliphatic rings. The van der Waals surface area contributed by atoms with Gasteiger partial charge >= 0.3 is 0 Å². The van der Waals surface area contributed by atoms with Gasteiger partial charge < -0.3 is 15.2 Å². The van der Waals surface area contributed by atoms with E-state index in [9.17, 15) is 9.59 Å². The number of hydrogen-bond acceptors (Lipinski definition) is 6. The van der Waals surface area contributed by atoms with E-state index in [-0.39, 0.29) is 24.1 Å². The van der Waals surface area contributed by atoms with Crippen LogP contribution < -0.4 is 10.6 Å². The number of aromatic nitrogens is 4. The number of nitrogens with one attached hydrogen (secondary N) is 2. The normalized spacial score (nSPS) is 10.4. The van der Waals surface area contributed by atoms with Crippen LogP contribution in [0.1, 0.15) is 13.3 Å². The average Bonchev–Trinajstić information content (AvgIpc) is 3.01. The summed E-state index contributed by atoms with van der Waals surface area (Å²) in [6.07, 6.45) is 4.34. The molecule has 2 amide bonds. The molecule has 0 radical (unpaired) electrons. The Kier molecular flexibility index (Phi) is 6.74. The summed E-state index contributed by atoms with van der Waals surface area (Å²) in [6, 6.07) is 3.75. The van der Waals surface area contributed by atoms with Crippen LogP contribution >= 0.6 is 11.8 Å². The number of carbonyl (C=O) groups excluding carboxylic acids is 2. The fourth-order valence-corrected chi connectivity index (χ4v) is 2.78. The van der Waals surface area contributed by atoms with E-state index in [0.717, 1.165) is 24.4 Å². The number of hydrogen-bond donors (Lipinski definition) is 2. The lowest BCUT2D eigenvalue weighted by molar-refractivity contribution is -0.124. The highest BCUT2D eigenvalue weighted by atomic mass is 32.2. The minimum absolute atomic E-state index is 0.0280. The second-order valence-corrected chi connectivity index (χ2v) is 5.87. The fraction of sp³-hybridized carbons (Fsp3) is 0.400. The van der Waals surface area contributed by atoms with Crippen LogP contribution in [0.25, 0.3) is 11.4 Å². The molecule has 0 saturated heterocycles. The van der Waals surface area contributed by atoms with Gasteiger partial charge in [0.25, 0.3) is 0 Å². The zero-order chi connectivity index (χ0) is 17.4. The van der Waals surface area contributed by atoms with Gasteiger partial charge in [-0.1, -0.05) is 18.7 Å². The standard InChI is InChI=1S/C15H20N6O2S/c1-3-8-21-14(11-4-6-17-7-5-11)19-20-15(21)24-10-13(23)18-9-12(22)16-2/h4-7H,3,8-10H2,1-2H3,(H,16,22)(H,18,23). The second-order valence-electron chi connectivity index (χ2n) is 4.93. The number of thioether (sulfide) groups is 1. The maximum atomic E-state index is 11.8. The van der Waals surface area contributed by atoms with Gasteiger partial charge in [0.2, 0.25) is 11.8 Å². The SMILES string of the molecule is CCCn1c(SCC(=O)NCC(=O)NC)nnc1-c1ccncc1. The van der Waals surface area contributed by atoms with Crippen molar-refractivity contribution in [3.8, 4) is 11.4 Å². The zero-order valence-corrected chi connectivity index (χ0v) is 14.5. The summed E-state index contributed by atoms with van der Waals surface area (Å²) in [5.41, 5.74) is 0.932. The van der Waals surface area contributed by atoms with E-state index >= 15 is 0 Å². The lowest BCUT2D eigenvalue weighted by Crippen LogP contribution is -2.36. The van der Waals surface area contributed by atoms with Crippen LogP contribution in [-0.2, 0) is 16.1 Å². The molecule has 0 saturated carbocycles. The number of amides is 2. The summed E-state index contributed by atoms with van der Waals surface area (Å²) in [5.74, 6) is 0.477. The first-order valence-corrected chi connectivity index (χ1v) is 8.58. The van der Waals surface area contributed by atoms with Gasteiger partial charge in [-0.25, -0.2) is 0 Å². The number of likely N-dealkylation sites (N-methyl/N-ethyl adjacent to an activating group) is 1. The van der Waals surface area contributed by atoms with Gasteiger partial charge in [-0.2, -0.15) is 0 Å². The van der Waals surface area contributed by atoms with E-state index in [0.29, 0.717) is 5.16 Å². The Hall–Kier alpha value is -2.42. The highest BCUT2D eigenvalue weighted by Gasteiger charge is 2.15. The third-order valence-corrected chi connectivity index (χ3v) is 4.13. The molecule has 128 valence electrons. The van der Waals surface area contributed by atoms with Crippen molar-refractivity contribution in [3.63, 3.8) is 0 Å². The van der Waals surface area contributed by atoms with Crippen molar-refractivity contribution in [3.05, 3.63) is 24.5 Å². The van der Waals surface area contributed by atoms with Crippen LogP contribution in [0.15, 0.2) is 29.7 Å². The largest absolute Gasteiger partial charge is 0.358 e. The van der Waals surface area contributed by atoms with Crippen molar-refractivity contribution in [2.24, 2.45) is 0 Å². The molecule has 0 bridgehead atoms. The maximum absolute atomic E-state index is 11.8. The zero-order valence-electron chi connectivity index (χ0n) is 13.7. The number of rotatable bonds is 8. The van der Waals surface area contributed by atoms with Gasteiger partial charge in [-0.15, -0.1) is 10.2 Å². The Balaban J connectivity index is 2.04. The fourth-order valence-electron chi connectivity index (χ4n) is 1.98. The van der Waals surface area contributed by atoms with Crippen LogP contribution in [0, 0.1) is 0 Å². The predicted molar refractivity (Wildman–Crippen MR) is 91.3 cm³/mol. The quantitative estimate of drug-likeness (QED) is 0.681. The lowest BCUT2D eigenvalue weighted by atomic mass is 10.2. The van der Waals surface area contributed by atoms with Crippen molar-refractivity contribution in [1.82, 2.24) is 30.4 Å². The summed E-state index contributed by atoms with van der Waals surface area (Å²) in [4.78, 5) is 26.9. The monoisotopic (exact) mass is 348 g/mol. The van der Waals surface area contributed by atoms with Crippen LogP contribution in [0.3, 0.4) is 0 Å². The molecular formula is C15H20N6O2S. The molecule has 0 spiro atoms. The third-order valence-electron chi connectivity index (χ3n) is 3.16. The molecule has 0 aromatic carbocycles. The molecule has 0 fully saturated rings. The Morgan fingerprint density at radius 1 is 1.21 bits per heavy atom. The number of carbonyl (C=O) groups is 2. The summed E-state index contributed by atoms with van der Waals surface area (Å²) in [6.45, 7) is 2.80. The highest BCUT2D eigenvalue weighted by Crippen LogP contribution is 2.23. The first kappa shape index (κ1) is 17.9. The van der Waals surface area contributed by atoms with Gasteiger partial charge in [-0.3, -0.25) is 14.6 Å². The van der Waals surface area contributed by atoms with Crippen molar-refractivity contribution >= 4 is 23.6 Å². The molecule has 2 aromatic heterocycles. The summed E-state index contributed by atoms with van der Waals surface area (Å²) in [7, 11) is 1.52. The Bertz CT molecular complexity index is 689. The van der Waals surface area contributed by atoms with Crippen LogP contribution in [0.5, 0.6) is 0 Å². The van der Waals surface area contributed by atoms with Crippen LogP contribution in [0.4, 0.5) is 0 Å². The van der Waals surface area contributed by atoms with Gasteiger partial charge in [0.05, 0.1) is 12.3 Å². The Labute approximate surface area is 144 Å². The van der Waals surface area contributed by atoms with E-state index in [1.54, 1.807) is 12.4 Å². The molecule has 24 heavy (non-hydrogen) atoms. The van der Waals surface area contributed by atoms with Crippen LogP contribution in [0.2, 0.25) is 0 Å². The molecule has 0 atom stereocenters. The molecular weight excluding hydrogens is 328 g/mol. The van der Waals surface area contributed by atoms with Gasteiger partial charge in [-0.05, 0) is 18.6 Å². The van der Waals surface area contributed by atoms with Gasteiger partial charge in [0.1, 0.15) is 0 Å². The van der Waals surface area contributed by atoms with Crippen molar-refractivity contribution in [2.45, 2.75) is 25.0 Å². The van der Waals surface area contributed by atoms with Crippen molar-refractivity contribution in [2.75, 3.05) is 19.3 Å². The van der Waals surface area contributed by atoms with Crippen molar-refractivity contribution in [1.29, 1.82) is 0 Å². The number of nitrogens with zero attached hydrogens (tertiary/aromatic N) is 4. The summed E-state index contributed by atoms with van der Waals surface area (Å²) in [5, 5.41) is 14.1. The Morgan fingerprint density at radius 3 is 2.62 bits per heavy atom. The summed E-state index contributed by atoms with van der Waals surface area (Å²) >= 11 is 1.30. The highest BCUT2D eigenvalue weighted by molar-refractivity contribution is 7.99. The molecule has 0 unspecified atom stereocenters. The average molecular weight is 348 g/mol. The first-order valence-electron chi connectivity index (χ1n) is 7.59. The minimum atomic E-state index is -0.234. The lowest BCUT2D eigenvalue weighted by Gasteiger charge is -2.09. The van der Waals surface area contributed by atoms with E-state index in [2.05, 4.69) is 32.7 Å². The molecule has 2 rings (SSSR count). The molecule has 2 aromatic rings.